The van der Waals surface area contributed by atoms with Crippen molar-refractivity contribution in [2.75, 3.05) is 5.32 Å². The van der Waals surface area contributed by atoms with Crippen molar-refractivity contribution in [1.29, 1.82) is 0 Å². The molecule has 3 aromatic rings. The van der Waals surface area contributed by atoms with E-state index >= 15 is 0 Å². The SMILES string of the molecule is Cc1cccc(NC(=O)C(C)Sc2nnc(-c3cccnc3)n2CC(C)C)c1. The molecule has 1 atom stereocenters. The molecule has 1 aromatic carbocycles. The number of anilines is 1. The normalized spacial score (nSPS) is 12.2. The quantitative estimate of drug-likeness (QED) is 0.599. The monoisotopic (exact) mass is 395 g/mol. The van der Waals surface area contributed by atoms with Gasteiger partial charge in [0.15, 0.2) is 11.0 Å². The molecule has 0 aliphatic heterocycles. The van der Waals surface area contributed by atoms with E-state index < -0.39 is 0 Å². The number of thioether (sulfide) groups is 1. The Labute approximate surface area is 169 Å². The first-order valence-corrected chi connectivity index (χ1v) is 10.2. The van der Waals surface area contributed by atoms with Gasteiger partial charge in [-0.05, 0) is 49.6 Å². The van der Waals surface area contributed by atoms with Crippen LogP contribution < -0.4 is 5.32 Å². The highest BCUT2D eigenvalue weighted by Crippen LogP contribution is 2.28. The van der Waals surface area contributed by atoms with Crippen LogP contribution in [0.25, 0.3) is 11.4 Å². The molecule has 0 saturated heterocycles. The standard InChI is InChI=1S/C21H25N5OS/c1-14(2)13-26-19(17-8-6-10-22-12-17)24-25-21(26)28-16(4)20(27)23-18-9-5-7-15(3)11-18/h5-12,14,16H,13H2,1-4H3,(H,23,27). The Hall–Kier alpha value is -2.67. The van der Waals surface area contributed by atoms with Crippen LogP contribution in [0.1, 0.15) is 26.3 Å². The van der Waals surface area contributed by atoms with E-state index in [1.54, 1.807) is 12.4 Å². The maximum absolute atomic E-state index is 12.6. The zero-order valence-corrected chi connectivity index (χ0v) is 17.4. The molecule has 1 N–H and O–H groups in total. The minimum absolute atomic E-state index is 0.0578. The van der Waals surface area contributed by atoms with Crippen LogP contribution in [0.2, 0.25) is 0 Å². The molecule has 1 unspecified atom stereocenters. The van der Waals surface area contributed by atoms with Crippen LogP contribution in [0.15, 0.2) is 53.9 Å². The van der Waals surface area contributed by atoms with E-state index in [1.165, 1.54) is 11.8 Å². The number of aromatic nitrogens is 4. The topological polar surface area (TPSA) is 72.7 Å². The van der Waals surface area contributed by atoms with Gasteiger partial charge in [-0.1, -0.05) is 37.7 Å². The Morgan fingerprint density at radius 1 is 1.18 bits per heavy atom. The van der Waals surface area contributed by atoms with Crippen LogP contribution in [0.5, 0.6) is 0 Å². The summed E-state index contributed by atoms with van der Waals surface area (Å²) in [5.41, 5.74) is 2.83. The Morgan fingerprint density at radius 3 is 2.68 bits per heavy atom. The van der Waals surface area contributed by atoms with Crippen molar-refractivity contribution >= 4 is 23.4 Å². The van der Waals surface area contributed by atoms with E-state index in [0.717, 1.165) is 34.3 Å². The predicted molar refractivity (Wildman–Crippen MR) is 113 cm³/mol. The number of amides is 1. The van der Waals surface area contributed by atoms with Gasteiger partial charge in [-0.3, -0.25) is 9.78 Å². The third kappa shape index (κ3) is 4.98. The molecule has 0 radical (unpaired) electrons. The molecule has 1 amide bonds. The minimum Gasteiger partial charge on any atom is -0.325 e. The van der Waals surface area contributed by atoms with E-state index in [2.05, 4.69) is 38.9 Å². The lowest BCUT2D eigenvalue weighted by Crippen LogP contribution is -2.23. The Kier molecular flexibility index (Phi) is 6.46. The maximum Gasteiger partial charge on any atom is 0.237 e. The number of pyridine rings is 1. The maximum atomic E-state index is 12.6. The average Bonchev–Trinajstić information content (AvgIpc) is 3.04. The van der Waals surface area contributed by atoms with Crippen molar-refractivity contribution in [3.63, 3.8) is 0 Å². The molecule has 0 aliphatic rings. The molecule has 6 nitrogen and oxygen atoms in total. The van der Waals surface area contributed by atoms with Gasteiger partial charge in [0.25, 0.3) is 0 Å². The summed E-state index contributed by atoms with van der Waals surface area (Å²) in [5.74, 6) is 1.13. The number of nitrogens with zero attached hydrogens (tertiary/aromatic N) is 4. The summed E-state index contributed by atoms with van der Waals surface area (Å²) in [6.07, 6.45) is 3.52. The summed E-state index contributed by atoms with van der Waals surface area (Å²) < 4.78 is 2.07. The third-order valence-electron chi connectivity index (χ3n) is 4.12. The van der Waals surface area contributed by atoms with Crippen LogP contribution in [0, 0.1) is 12.8 Å². The molecule has 7 heteroatoms. The lowest BCUT2D eigenvalue weighted by atomic mass is 10.2. The smallest absolute Gasteiger partial charge is 0.237 e. The number of carbonyl (C=O) groups is 1. The molecular weight excluding hydrogens is 370 g/mol. The molecular formula is C21H25N5OS. The average molecular weight is 396 g/mol. The Balaban J connectivity index is 1.79. The fourth-order valence-electron chi connectivity index (χ4n) is 2.79. The van der Waals surface area contributed by atoms with Gasteiger partial charge in [0.1, 0.15) is 0 Å². The highest BCUT2D eigenvalue weighted by molar-refractivity contribution is 8.00. The van der Waals surface area contributed by atoms with Crippen molar-refractivity contribution in [1.82, 2.24) is 19.7 Å². The number of hydrogen-bond donors (Lipinski definition) is 1. The van der Waals surface area contributed by atoms with Crippen molar-refractivity contribution in [2.45, 2.75) is 44.6 Å². The molecule has 0 saturated carbocycles. The van der Waals surface area contributed by atoms with Gasteiger partial charge in [-0.2, -0.15) is 0 Å². The number of aryl methyl sites for hydroxylation is 1. The molecule has 0 aliphatic carbocycles. The van der Waals surface area contributed by atoms with Crippen LogP contribution in [0.3, 0.4) is 0 Å². The summed E-state index contributed by atoms with van der Waals surface area (Å²) in [4.78, 5) is 16.8. The van der Waals surface area contributed by atoms with E-state index in [1.807, 2.05) is 50.2 Å². The van der Waals surface area contributed by atoms with Gasteiger partial charge < -0.3 is 9.88 Å². The zero-order valence-electron chi connectivity index (χ0n) is 16.6. The predicted octanol–water partition coefficient (Wildman–Crippen LogP) is 4.42. The summed E-state index contributed by atoms with van der Waals surface area (Å²) in [7, 11) is 0. The molecule has 2 aromatic heterocycles. The molecule has 28 heavy (non-hydrogen) atoms. The summed E-state index contributed by atoms with van der Waals surface area (Å²) in [6.45, 7) is 8.95. The molecule has 146 valence electrons. The summed E-state index contributed by atoms with van der Waals surface area (Å²) in [6, 6.07) is 11.6. The molecule has 3 rings (SSSR count). The second-order valence-corrected chi connectivity index (χ2v) is 8.48. The van der Waals surface area contributed by atoms with Gasteiger partial charge in [0.05, 0.1) is 5.25 Å². The highest BCUT2D eigenvalue weighted by Gasteiger charge is 2.21. The Bertz CT molecular complexity index is 939. The number of rotatable bonds is 7. The summed E-state index contributed by atoms with van der Waals surface area (Å²) >= 11 is 1.42. The van der Waals surface area contributed by atoms with E-state index in [-0.39, 0.29) is 11.2 Å². The van der Waals surface area contributed by atoms with Crippen LogP contribution in [-0.2, 0) is 11.3 Å². The Morgan fingerprint density at radius 2 is 2.00 bits per heavy atom. The number of carbonyl (C=O) groups excluding carboxylic acids is 1. The lowest BCUT2D eigenvalue weighted by Gasteiger charge is -2.15. The largest absolute Gasteiger partial charge is 0.325 e. The van der Waals surface area contributed by atoms with Gasteiger partial charge in [0.2, 0.25) is 5.91 Å². The fraction of sp³-hybridized carbons (Fsp3) is 0.333. The minimum atomic E-state index is -0.308. The molecule has 0 bridgehead atoms. The van der Waals surface area contributed by atoms with E-state index in [4.69, 9.17) is 0 Å². The van der Waals surface area contributed by atoms with Gasteiger partial charge >= 0.3 is 0 Å². The van der Waals surface area contributed by atoms with Crippen molar-refractivity contribution < 1.29 is 4.79 Å². The van der Waals surface area contributed by atoms with Gasteiger partial charge in [-0.15, -0.1) is 10.2 Å². The number of nitrogens with one attached hydrogen (secondary N) is 1. The zero-order chi connectivity index (χ0) is 20.1. The first-order valence-electron chi connectivity index (χ1n) is 9.32. The van der Waals surface area contributed by atoms with E-state index in [0.29, 0.717) is 5.92 Å². The van der Waals surface area contributed by atoms with Gasteiger partial charge in [0, 0.05) is 30.2 Å². The number of benzene rings is 1. The second-order valence-electron chi connectivity index (χ2n) is 7.17. The second kappa shape index (κ2) is 9.01. The van der Waals surface area contributed by atoms with Crippen LogP contribution in [0.4, 0.5) is 5.69 Å². The van der Waals surface area contributed by atoms with Crippen LogP contribution in [-0.4, -0.2) is 30.9 Å². The highest BCUT2D eigenvalue weighted by atomic mass is 32.2. The van der Waals surface area contributed by atoms with Crippen molar-refractivity contribution in [3.05, 3.63) is 54.4 Å². The van der Waals surface area contributed by atoms with Crippen LogP contribution >= 0.6 is 11.8 Å². The fourth-order valence-corrected chi connectivity index (χ4v) is 3.65. The van der Waals surface area contributed by atoms with E-state index in [9.17, 15) is 4.79 Å². The first-order chi connectivity index (χ1) is 13.4. The summed E-state index contributed by atoms with van der Waals surface area (Å²) in [5, 5.41) is 12.1. The molecule has 2 heterocycles. The lowest BCUT2D eigenvalue weighted by molar-refractivity contribution is -0.115. The third-order valence-corrected chi connectivity index (χ3v) is 5.20. The molecule has 0 spiro atoms. The van der Waals surface area contributed by atoms with Crippen molar-refractivity contribution in [2.24, 2.45) is 5.92 Å². The molecule has 0 fully saturated rings. The van der Waals surface area contributed by atoms with Crippen molar-refractivity contribution in [3.8, 4) is 11.4 Å². The first kappa shape index (κ1) is 20.1. The van der Waals surface area contributed by atoms with Gasteiger partial charge in [-0.25, -0.2) is 0 Å². The number of hydrogen-bond acceptors (Lipinski definition) is 5.